The third-order valence-electron chi connectivity index (χ3n) is 2.20. The summed E-state index contributed by atoms with van der Waals surface area (Å²) >= 11 is 0. The van der Waals surface area contributed by atoms with Gasteiger partial charge in [-0.15, -0.1) is 0 Å². The van der Waals surface area contributed by atoms with Gasteiger partial charge in [0, 0.05) is 18.8 Å². The fraction of sp³-hybridized carbons (Fsp3) is 0.300. The highest BCUT2D eigenvalue weighted by Gasteiger charge is 2.01. The summed E-state index contributed by atoms with van der Waals surface area (Å²) < 4.78 is 2.00. The molecular formula is C10H13N3O. The zero-order valence-corrected chi connectivity index (χ0v) is 7.85. The molecule has 0 saturated carbocycles. The predicted molar refractivity (Wildman–Crippen MR) is 55.8 cm³/mol. The van der Waals surface area contributed by atoms with Crippen LogP contribution in [0.2, 0.25) is 0 Å². The number of aliphatic hydroxyl groups excluding tert-OH is 1. The normalized spacial score (nSPS) is 10.9. The smallest absolute Gasteiger partial charge is 0.0958 e. The molecule has 3 N–H and O–H groups in total. The number of aryl methyl sites for hydroxylation is 1. The van der Waals surface area contributed by atoms with Crippen molar-refractivity contribution >= 4 is 16.7 Å². The van der Waals surface area contributed by atoms with E-state index in [0.29, 0.717) is 0 Å². The number of nitrogens with two attached hydrogens (primary N) is 1. The molecule has 0 saturated heterocycles. The lowest BCUT2D eigenvalue weighted by Crippen LogP contribution is -1.98. The molecule has 1 aromatic heterocycles. The molecule has 4 nitrogen and oxygen atoms in total. The maximum absolute atomic E-state index is 8.73. The number of benzene rings is 1. The number of imidazole rings is 1. The number of nitrogen functional groups attached to an aromatic ring is 1. The third-order valence-corrected chi connectivity index (χ3v) is 2.20. The molecule has 2 aromatic rings. The average Bonchev–Trinajstić information content (AvgIpc) is 2.57. The molecule has 1 heterocycles. The first-order valence-electron chi connectivity index (χ1n) is 4.62. The SMILES string of the molecule is Nc1ccc2ncn(CCCO)c2c1. The molecule has 0 unspecified atom stereocenters. The van der Waals surface area contributed by atoms with Crippen LogP contribution in [0.5, 0.6) is 0 Å². The number of fused-ring (bicyclic) bond motifs is 1. The summed E-state index contributed by atoms with van der Waals surface area (Å²) in [4.78, 5) is 4.24. The van der Waals surface area contributed by atoms with E-state index in [1.54, 1.807) is 6.33 Å². The summed E-state index contributed by atoms with van der Waals surface area (Å²) in [7, 11) is 0. The van der Waals surface area contributed by atoms with Gasteiger partial charge < -0.3 is 15.4 Å². The monoisotopic (exact) mass is 191 g/mol. The summed E-state index contributed by atoms with van der Waals surface area (Å²) in [6.07, 6.45) is 2.51. The van der Waals surface area contributed by atoms with Crippen LogP contribution in [0.15, 0.2) is 24.5 Å². The maximum atomic E-state index is 8.73. The highest BCUT2D eigenvalue weighted by molar-refractivity contribution is 5.78. The van der Waals surface area contributed by atoms with E-state index in [-0.39, 0.29) is 6.61 Å². The molecule has 14 heavy (non-hydrogen) atoms. The van der Waals surface area contributed by atoms with Gasteiger partial charge in [-0.25, -0.2) is 4.98 Å². The Balaban J connectivity index is 2.40. The van der Waals surface area contributed by atoms with E-state index in [4.69, 9.17) is 10.8 Å². The minimum Gasteiger partial charge on any atom is -0.399 e. The first kappa shape index (κ1) is 9.02. The van der Waals surface area contributed by atoms with Gasteiger partial charge in [0.05, 0.1) is 17.4 Å². The Morgan fingerprint density at radius 2 is 2.29 bits per heavy atom. The van der Waals surface area contributed by atoms with Gasteiger partial charge >= 0.3 is 0 Å². The van der Waals surface area contributed by atoms with Gasteiger partial charge in [-0.3, -0.25) is 0 Å². The Labute approximate surface area is 82.0 Å². The van der Waals surface area contributed by atoms with Crippen molar-refractivity contribution < 1.29 is 5.11 Å². The van der Waals surface area contributed by atoms with Crippen LogP contribution in [-0.4, -0.2) is 21.3 Å². The van der Waals surface area contributed by atoms with Gasteiger partial charge in [0.1, 0.15) is 0 Å². The average molecular weight is 191 g/mol. The van der Waals surface area contributed by atoms with Gasteiger partial charge in [-0.05, 0) is 24.6 Å². The van der Waals surface area contributed by atoms with Crippen molar-refractivity contribution in [3.05, 3.63) is 24.5 Å². The van der Waals surface area contributed by atoms with Crippen molar-refractivity contribution in [2.75, 3.05) is 12.3 Å². The van der Waals surface area contributed by atoms with Gasteiger partial charge in [0.25, 0.3) is 0 Å². The second-order valence-electron chi connectivity index (χ2n) is 3.26. The van der Waals surface area contributed by atoms with Crippen LogP contribution >= 0.6 is 0 Å². The Hall–Kier alpha value is -1.55. The van der Waals surface area contributed by atoms with E-state index < -0.39 is 0 Å². The topological polar surface area (TPSA) is 64.1 Å². The Kier molecular flexibility index (Phi) is 2.37. The van der Waals surface area contributed by atoms with Gasteiger partial charge in [-0.2, -0.15) is 0 Å². The fourth-order valence-corrected chi connectivity index (χ4v) is 1.49. The molecule has 0 fully saturated rings. The van der Waals surface area contributed by atoms with E-state index >= 15 is 0 Å². The largest absolute Gasteiger partial charge is 0.399 e. The molecular weight excluding hydrogens is 178 g/mol. The summed E-state index contributed by atoms with van der Waals surface area (Å²) in [6, 6.07) is 5.64. The highest BCUT2D eigenvalue weighted by atomic mass is 16.3. The Morgan fingerprint density at radius 1 is 1.43 bits per heavy atom. The van der Waals surface area contributed by atoms with Crippen LogP contribution in [0.3, 0.4) is 0 Å². The quantitative estimate of drug-likeness (QED) is 0.711. The van der Waals surface area contributed by atoms with Gasteiger partial charge in [-0.1, -0.05) is 0 Å². The minimum absolute atomic E-state index is 0.196. The number of hydrogen-bond acceptors (Lipinski definition) is 3. The Morgan fingerprint density at radius 3 is 3.07 bits per heavy atom. The zero-order valence-electron chi connectivity index (χ0n) is 7.85. The van der Waals surface area contributed by atoms with Crippen LogP contribution in [0, 0.1) is 0 Å². The van der Waals surface area contributed by atoms with E-state index in [1.807, 2.05) is 22.8 Å². The van der Waals surface area contributed by atoms with Crippen molar-refractivity contribution in [3.63, 3.8) is 0 Å². The summed E-state index contributed by atoms with van der Waals surface area (Å²) in [5, 5.41) is 8.73. The zero-order chi connectivity index (χ0) is 9.97. The number of aromatic nitrogens is 2. The van der Waals surface area contributed by atoms with Crippen molar-refractivity contribution in [2.24, 2.45) is 0 Å². The summed E-state index contributed by atoms with van der Waals surface area (Å²) in [6.45, 7) is 0.971. The second kappa shape index (κ2) is 3.67. The number of anilines is 1. The van der Waals surface area contributed by atoms with Crippen molar-refractivity contribution in [2.45, 2.75) is 13.0 Å². The van der Waals surface area contributed by atoms with Gasteiger partial charge in [0.15, 0.2) is 0 Å². The number of hydrogen-bond donors (Lipinski definition) is 2. The van der Waals surface area contributed by atoms with E-state index in [0.717, 1.165) is 29.7 Å². The maximum Gasteiger partial charge on any atom is 0.0958 e. The molecule has 0 radical (unpaired) electrons. The molecule has 0 atom stereocenters. The second-order valence-corrected chi connectivity index (χ2v) is 3.26. The molecule has 0 spiro atoms. The molecule has 0 amide bonds. The van der Waals surface area contributed by atoms with Gasteiger partial charge in [0.2, 0.25) is 0 Å². The predicted octanol–water partition coefficient (Wildman–Crippen LogP) is 1.00. The van der Waals surface area contributed by atoms with E-state index in [2.05, 4.69) is 4.98 Å². The molecule has 2 rings (SSSR count). The lowest BCUT2D eigenvalue weighted by atomic mass is 10.3. The third kappa shape index (κ3) is 1.56. The highest BCUT2D eigenvalue weighted by Crippen LogP contribution is 2.16. The molecule has 74 valence electrons. The van der Waals surface area contributed by atoms with Crippen molar-refractivity contribution in [3.8, 4) is 0 Å². The number of rotatable bonds is 3. The molecule has 0 aliphatic heterocycles. The fourth-order valence-electron chi connectivity index (χ4n) is 1.49. The Bertz CT molecular complexity index is 436. The summed E-state index contributed by atoms with van der Waals surface area (Å²) in [5.41, 5.74) is 8.40. The van der Waals surface area contributed by atoms with E-state index in [1.165, 1.54) is 0 Å². The lowest BCUT2D eigenvalue weighted by molar-refractivity contribution is 0.280. The van der Waals surface area contributed by atoms with Crippen molar-refractivity contribution in [1.82, 2.24) is 9.55 Å². The van der Waals surface area contributed by atoms with Crippen LogP contribution in [0.1, 0.15) is 6.42 Å². The number of nitrogens with zero attached hydrogens (tertiary/aromatic N) is 2. The first-order valence-corrected chi connectivity index (χ1v) is 4.62. The molecule has 4 heteroatoms. The lowest BCUT2D eigenvalue weighted by Gasteiger charge is -2.02. The van der Waals surface area contributed by atoms with Crippen LogP contribution in [0.25, 0.3) is 11.0 Å². The molecule has 1 aromatic carbocycles. The first-order chi connectivity index (χ1) is 6.81. The minimum atomic E-state index is 0.196. The van der Waals surface area contributed by atoms with Crippen LogP contribution < -0.4 is 5.73 Å². The van der Waals surface area contributed by atoms with Crippen LogP contribution in [0.4, 0.5) is 5.69 Å². The van der Waals surface area contributed by atoms with Crippen molar-refractivity contribution in [1.29, 1.82) is 0 Å². The van der Waals surface area contributed by atoms with E-state index in [9.17, 15) is 0 Å². The molecule has 0 aliphatic rings. The van der Waals surface area contributed by atoms with Crippen LogP contribution in [-0.2, 0) is 6.54 Å². The summed E-state index contributed by atoms with van der Waals surface area (Å²) in [5.74, 6) is 0. The molecule has 0 bridgehead atoms. The number of aliphatic hydroxyl groups is 1. The molecule has 0 aliphatic carbocycles. The standard InChI is InChI=1S/C10H13N3O/c11-8-2-3-9-10(6-8)13(7-12-9)4-1-5-14/h2-3,6-7,14H,1,4-5,11H2.